The monoisotopic (exact) mass is 230 g/mol. The van der Waals surface area contributed by atoms with Crippen LogP contribution in [0.25, 0.3) is 0 Å². The van der Waals surface area contributed by atoms with Gasteiger partial charge >= 0.3 is 0 Å². The van der Waals surface area contributed by atoms with Gasteiger partial charge in [-0.15, -0.1) is 11.3 Å². The topological polar surface area (TPSA) is 38.9 Å². The molecule has 1 aromatic heterocycles. The number of hydrogen-bond donors (Lipinski definition) is 1. The van der Waals surface area contributed by atoms with Gasteiger partial charge in [-0.25, -0.2) is 4.98 Å². The van der Waals surface area contributed by atoms with E-state index in [9.17, 15) is 0 Å². The Morgan fingerprint density at radius 3 is 2.71 bits per heavy atom. The molecule has 0 saturated carbocycles. The van der Waals surface area contributed by atoms with Gasteiger partial charge in [-0.1, -0.05) is 0 Å². The molecule has 1 heterocycles. The van der Waals surface area contributed by atoms with Crippen molar-refractivity contribution in [2.75, 3.05) is 12.0 Å². The van der Waals surface area contributed by atoms with Crippen molar-refractivity contribution in [3.63, 3.8) is 0 Å². The highest BCUT2D eigenvalue weighted by molar-refractivity contribution is 7.98. The summed E-state index contributed by atoms with van der Waals surface area (Å²) in [6.45, 7) is 4.17. The molecule has 2 N–H and O–H groups in total. The molecule has 1 rings (SSSR count). The molecule has 0 radical (unpaired) electrons. The molecular formula is C10H18N2S2. The van der Waals surface area contributed by atoms with Crippen LogP contribution in [-0.2, 0) is 6.42 Å². The third-order valence-electron chi connectivity index (χ3n) is 2.20. The third kappa shape index (κ3) is 3.59. The zero-order chi connectivity index (χ0) is 10.6. The van der Waals surface area contributed by atoms with Crippen LogP contribution in [0.2, 0.25) is 0 Å². The number of aromatic nitrogens is 1. The van der Waals surface area contributed by atoms with E-state index in [1.165, 1.54) is 9.88 Å². The number of rotatable bonds is 5. The maximum absolute atomic E-state index is 6.00. The molecule has 0 aliphatic heterocycles. The van der Waals surface area contributed by atoms with Crippen molar-refractivity contribution in [2.24, 2.45) is 5.73 Å². The van der Waals surface area contributed by atoms with E-state index in [2.05, 4.69) is 25.1 Å². The first-order valence-electron chi connectivity index (χ1n) is 4.81. The van der Waals surface area contributed by atoms with Crippen LogP contribution in [0.5, 0.6) is 0 Å². The van der Waals surface area contributed by atoms with Crippen molar-refractivity contribution >= 4 is 23.1 Å². The van der Waals surface area contributed by atoms with Gasteiger partial charge in [0.15, 0.2) is 0 Å². The van der Waals surface area contributed by atoms with Crippen LogP contribution >= 0.6 is 23.1 Å². The van der Waals surface area contributed by atoms with Gasteiger partial charge in [0.1, 0.15) is 0 Å². The summed E-state index contributed by atoms with van der Waals surface area (Å²) in [5, 5.41) is 1.19. The fourth-order valence-electron chi connectivity index (χ4n) is 1.22. The molecule has 0 bridgehead atoms. The Balaban J connectivity index is 2.43. The molecule has 0 saturated heterocycles. The van der Waals surface area contributed by atoms with E-state index in [1.807, 2.05) is 11.8 Å². The number of nitrogens with two attached hydrogens (primary N) is 1. The van der Waals surface area contributed by atoms with E-state index in [1.54, 1.807) is 11.3 Å². The van der Waals surface area contributed by atoms with Crippen LogP contribution in [0, 0.1) is 13.8 Å². The van der Waals surface area contributed by atoms with Crippen molar-refractivity contribution in [1.82, 2.24) is 4.98 Å². The van der Waals surface area contributed by atoms with Gasteiger partial charge in [0.2, 0.25) is 0 Å². The van der Waals surface area contributed by atoms with E-state index in [0.717, 1.165) is 24.3 Å². The van der Waals surface area contributed by atoms with Crippen LogP contribution in [0.4, 0.5) is 0 Å². The molecule has 1 unspecified atom stereocenters. The van der Waals surface area contributed by atoms with Gasteiger partial charge in [0, 0.05) is 17.3 Å². The average Bonchev–Trinajstić information content (AvgIpc) is 2.42. The fraction of sp³-hybridized carbons (Fsp3) is 0.700. The molecule has 14 heavy (non-hydrogen) atoms. The Bertz CT molecular complexity index is 264. The van der Waals surface area contributed by atoms with Crippen LogP contribution in [0.1, 0.15) is 22.0 Å². The maximum atomic E-state index is 6.00. The Morgan fingerprint density at radius 2 is 2.21 bits per heavy atom. The number of thioether (sulfide) groups is 1. The molecule has 0 fully saturated rings. The number of thiazole rings is 1. The van der Waals surface area contributed by atoms with Gasteiger partial charge in [0.05, 0.1) is 10.7 Å². The minimum atomic E-state index is 0.271. The van der Waals surface area contributed by atoms with E-state index in [4.69, 9.17) is 5.73 Å². The molecule has 0 amide bonds. The quantitative estimate of drug-likeness (QED) is 0.844. The van der Waals surface area contributed by atoms with Crippen LogP contribution in [0.15, 0.2) is 0 Å². The zero-order valence-electron chi connectivity index (χ0n) is 9.04. The van der Waals surface area contributed by atoms with Crippen molar-refractivity contribution in [2.45, 2.75) is 32.7 Å². The smallest absolute Gasteiger partial charge is 0.0946 e. The zero-order valence-corrected chi connectivity index (χ0v) is 10.7. The van der Waals surface area contributed by atoms with Crippen molar-refractivity contribution in [3.8, 4) is 0 Å². The molecule has 0 spiro atoms. The molecule has 2 nitrogen and oxygen atoms in total. The highest BCUT2D eigenvalue weighted by Crippen LogP contribution is 2.18. The van der Waals surface area contributed by atoms with E-state index < -0.39 is 0 Å². The van der Waals surface area contributed by atoms with E-state index in [-0.39, 0.29) is 6.04 Å². The summed E-state index contributed by atoms with van der Waals surface area (Å²) in [5.41, 5.74) is 7.16. The molecular weight excluding hydrogens is 212 g/mol. The summed E-state index contributed by atoms with van der Waals surface area (Å²) < 4.78 is 0. The molecule has 0 aliphatic rings. The van der Waals surface area contributed by atoms with Crippen molar-refractivity contribution in [1.29, 1.82) is 0 Å². The Labute approximate surface area is 94.3 Å². The molecule has 0 aromatic carbocycles. The van der Waals surface area contributed by atoms with Gasteiger partial charge in [-0.05, 0) is 32.3 Å². The average molecular weight is 230 g/mol. The summed E-state index contributed by atoms with van der Waals surface area (Å²) in [7, 11) is 0. The lowest BCUT2D eigenvalue weighted by molar-refractivity contribution is 0.649. The minimum absolute atomic E-state index is 0.271. The lowest BCUT2D eigenvalue weighted by Crippen LogP contribution is -2.23. The van der Waals surface area contributed by atoms with Crippen LogP contribution < -0.4 is 5.73 Å². The lowest BCUT2D eigenvalue weighted by atomic mass is 10.2. The van der Waals surface area contributed by atoms with Crippen molar-refractivity contribution < 1.29 is 0 Å². The lowest BCUT2D eigenvalue weighted by Gasteiger charge is -2.07. The summed E-state index contributed by atoms with van der Waals surface area (Å²) in [6.07, 6.45) is 4.13. The van der Waals surface area contributed by atoms with Crippen LogP contribution in [-0.4, -0.2) is 23.0 Å². The third-order valence-corrected chi connectivity index (χ3v) is 3.94. The summed E-state index contributed by atoms with van der Waals surface area (Å²) in [6, 6.07) is 0.271. The summed E-state index contributed by atoms with van der Waals surface area (Å²) in [4.78, 5) is 5.81. The van der Waals surface area contributed by atoms with E-state index >= 15 is 0 Å². The number of aryl methyl sites for hydroxylation is 2. The normalized spacial score (nSPS) is 13.1. The van der Waals surface area contributed by atoms with Gasteiger partial charge in [-0.3, -0.25) is 0 Å². The molecule has 80 valence electrons. The summed E-state index contributed by atoms with van der Waals surface area (Å²) in [5.74, 6) is 1.14. The van der Waals surface area contributed by atoms with Gasteiger partial charge in [-0.2, -0.15) is 11.8 Å². The summed E-state index contributed by atoms with van der Waals surface area (Å²) >= 11 is 3.63. The Hall–Kier alpha value is -0.0600. The molecule has 4 heteroatoms. The first-order chi connectivity index (χ1) is 6.63. The highest BCUT2D eigenvalue weighted by Gasteiger charge is 2.08. The first kappa shape index (κ1) is 12.0. The SMILES string of the molecule is CSCCC(N)Cc1nc(C)c(C)s1. The standard InChI is InChI=1S/C10H18N2S2/c1-7-8(2)14-10(12-7)6-9(11)4-5-13-3/h9H,4-6,11H2,1-3H3. The Kier molecular flexibility index (Phi) is 4.92. The van der Waals surface area contributed by atoms with Crippen LogP contribution in [0.3, 0.4) is 0 Å². The second-order valence-electron chi connectivity index (χ2n) is 3.49. The predicted octanol–water partition coefficient (Wildman–Crippen LogP) is 2.38. The van der Waals surface area contributed by atoms with Crippen molar-refractivity contribution in [3.05, 3.63) is 15.6 Å². The van der Waals surface area contributed by atoms with Gasteiger partial charge < -0.3 is 5.73 Å². The second kappa shape index (κ2) is 5.73. The number of nitrogens with zero attached hydrogens (tertiary/aromatic N) is 1. The second-order valence-corrected chi connectivity index (χ2v) is 5.77. The highest BCUT2D eigenvalue weighted by atomic mass is 32.2. The minimum Gasteiger partial charge on any atom is -0.327 e. The first-order valence-corrected chi connectivity index (χ1v) is 7.02. The van der Waals surface area contributed by atoms with Gasteiger partial charge in [0.25, 0.3) is 0 Å². The maximum Gasteiger partial charge on any atom is 0.0946 e. The Morgan fingerprint density at radius 1 is 1.50 bits per heavy atom. The largest absolute Gasteiger partial charge is 0.327 e. The molecule has 0 aliphatic carbocycles. The van der Waals surface area contributed by atoms with E-state index in [0.29, 0.717) is 0 Å². The molecule has 1 atom stereocenters. The predicted molar refractivity (Wildman–Crippen MR) is 66.3 cm³/mol. The fourth-order valence-corrected chi connectivity index (χ4v) is 2.79. The number of hydrogen-bond acceptors (Lipinski definition) is 4. The molecule has 1 aromatic rings.